The third-order valence-corrected chi connectivity index (χ3v) is 3.62. The van der Waals surface area contributed by atoms with E-state index in [0.717, 1.165) is 12.8 Å². The second-order valence-corrected chi connectivity index (χ2v) is 4.87. The van der Waals surface area contributed by atoms with Crippen LogP contribution in [0.5, 0.6) is 0 Å². The summed E-state index contributed by atoms with van der Waals surface area (Å²) in [6, 6.07) is 1.61. The van der Waals surface area contributed by atoms with Crippen LogP contribution in [0.1, 0.15) is 23.2 Å². The van der Waals surface area contributed by atoms with E-state index in [2.05, 4.69) is 10.3 Å². The fourth-order valence-corrected chi connectivity index (χ4v) is 2.42. The van der Waals surface area contributed by atoms with Crippen LogP contribution in [0.4, 0.5) is 11.5 Å². The van der Waals surface area contributed by atoms with Crippen molar-refractivity contribution < 1.29 is 9.59 Å². The summed E-state index contributed by atoms with van der Waals surface area (Å²) in [5, 5.41) is 2.67. The van der Waals surface area contributed by atoms with Crippen molar-refractivity contribution in [3.05, 3.63) is 17.8 Å². The van der Waals surface area contributed by atoms with E-state index >= 15 is 0 Å². The number of primary amides is 1. The molecule has 108 valence electrons. The van der Waals surface area contributed by atoms with Crippen LogP contribution < -0.4 is 21.7 Å². The zero-order chi connectivity index (χ0) is 14.7. The maximum Gasteiger partial charge on any atom is 0.250 e. The molecule has 0 spiro atoms. The Morgan fingerprint density at radius 1 is 1.40 bits per heavy atom. The van der Waals surface area contributed by atoms with Crippen molar-refractivity contribution in [2.24, 2.45) is 11.7 Å². The summed E-state index contributed by atoms with van der Waals surface area (Å²) in [6.07, 6.45) is 2.97. The first-order valence-corrected chi connectivity index (χ1v) is 6.54. The number of anilines is 2. The number of nitrogens with one attached hydrogen (secondary N) is 1. The van der Waals surface area contributed by atoms with E-state index in [9.17, 15) is 9.59 Å². The van der Waals surface area contributed by atoms with Gasteiger partial charge in [0.1, 0.15) is 5.82 Å². The lowest BCUT2D eigenvalue weighted by Crippen LogP contribution is -2.40. The number of hydrogen-bond acceptors (Lipinski definition) is 5. The van der Waals surface area contributed by atoms with Gasteiger partial charge >= 0.3 is 0 Å². The minimum atomic E-state index is -0.564. The molecule has 7 nitrogen and oxygen atoms in total. The molecule has 7 heteroatoms. The smallest absolute Gasteiger partial charge is 0.250 e. The molecule has 5 N–H and O–H groups in total. The first kappa shape index (κ1) is 14.1. The van der Waals surface area contributed by atoms with Gasteiger partial charge in [0.05, 0.1) is 17.4 Å². The maximum atomic E-state index is 11.6. The Balaban J connectivity index is 2.09. The van der Waals surface area contributed by atoms with E-state index in [1.54, 1.807) is 13.1 Å². The van der Waals surface area contributed by atoms with Crippen molar-refractivity contribution in [1.82, 2.24) is 10.3 Å². The Morgan fingerprint density at radius 3 is 2.60 bits per heavy atom. The zero-order valence-corrected chi connectivity index (χ0v) is 11.4. The van der Waals surface area contributed by atoms with Crippen LogP contribution in [0.3, 0.4) is 0 Å². The molecule has 1 aliphatic heterocycles. The van der Waals surface area contributed by atoms with Crippen LogP contribution >= 0.6 is 0 Å². The molecule has 1 fully saturated rings. The van der Waals surface area contributed by atoms with Crippen LogP contribution in [0.15, 0.2) is 12.3 Å². The molecule has 1 saturated heterocycles. The minimum absolute atomic E-state index is 0.0423. The van der Waals surface area contributed by atoms with E-state index in [0.29, 0.717) is 18.9 Å². The second-order valence-electron chi connectivity index (χ2n) is 4.87. The molecule has 1 aromatic rings. The number of hydrogen-bond donors (Lipinski definition) is 3. The number of nitrogen functional groups attached to an aromatic ring is 1. The van der Waals surface area contributed by atoms with Gasteiger partial charge < -0.3 is 21.7 Å². The van der Waals surface area contributed by atoms with Gasteiger partial charge in [-0.3, -0.25) is 9.59 Å². The van der Waals surface area contributed by atoms with Crippen molar-refractivity contribution in [3.8, 4) is 0 Å². The minimum Gasteiger partial charge on any atom is -0.397 e. The van der Waals surface area contributed by atoms with Crippen molar-refractivity contribution in [1.29, 1.82) is 0 Å². The molecule has 2 amide bonds. The summed E-state index contributed by atoms with van der Waals surface area (Å²) in [5.41, 5.74) is 11.5. The van der Waals surface area contributed by atoms with Gasteiger partial charge in [-0.2, -0.15) is 0 Å². The SMILES string of the molecule is CNC(=O)C1CCN(c2cc(C(N)=O)c(N)cn2)CC1. The third-order valence-electron chi connectivity index (χ3n) is 3.62. The number of carbonyl (C=O) groups is 2. The standard InChI is InChI=1S/C13H19N5O2/c1-16-13(20)8-2-4-18(5-3-8)11-6-9(12(15)19)10(14)7-17-11/h6-8H,2-5,14H2,1H3,(H2,15,19)(H,16,20). The topological polar surface area (TPSA) is 114 Å². The van der Waals surface area contributed by atoms with Gasteiger partial charge in [0, 0.05) is 26.1 Å². The highest BCUT2D eigenvalue weighted by molar-refractivity contribution is 5.98. The molecular formula is C13H19N5O2. The van der Waals surface area contributed by atoms with E-state index < -0.39 is 5.91 Å². The molecule has 0 aliphatic carbocycles. The highest BCUT2D eigenvalue weighted by Crippen LogP contribution is 2.24. The van der Waals surface area contributed by atoms with Gasteiger partial charge in [-0.15, -0.1) is 0 Å². The van der Waals surface area contributed by atoms with E-state index in [-0.39, 0.29) is 23.1 Å². The number of piperidine rings is 1. The average molecular weight is 277 g/mol. The molecule has 0 saturated carbocycles. The van der Waals surface area contributed by atoms with Crippen LogP contribution in [0.2, 0.25) is 0 Å². The molecular weight excluding hydrogens is 258 g/mol. The lowest BCUT2D eigenvalue weighted by Gasteiger charge is -2.32. The molecule has 20 heavy (non-hydrogen) atoms. The molecule has 2 heterocycles. The van der Waals surface area contributed by atoms with E-state index in [1.807, 2.05) is 4.90 Å². The number of nitrogens with zero attached hydrogens (tertiary/aromatic N) is 2. The first-order valence-electron chi connectivity index (χ1n) is 6.54. The van der Waals surface area contributed by atoms with Gasteiger partial charge in [-0.1, -0.05) is 0 Å². The van der Waals surface area contributed by atoms with Gasteiger partial charge in [0.15, 0.2) is 0 Å². The van der Waals surface area contributed by atoms with Crippen LogP contribution in [-0.2, 0) is 4.79 Å². The molecule has 0 atom stereocenters. The highest BCUT2D eigenvalue weighted by atomic mass is 16.2. The summed E-state index contributed by atoms with van der Waals surface area (Å²) in [5.74, 6) is 0.225. The Labute approximate surface area is 117 Å². The lowest BCUT2D eigenvalue weighted by molar-refractivity contribution is -0.125. The molecule has 0 unspecified atom stereocenters. The number of rotatable bonds is 3. The second kappa shape index (κ2) is 5.77. The number of amides is 2. The van der Waals surface area contributed by atoms with Crippen molar-refractivity contribution in [2.75, 3.05) is 30.8 Å². The molecule has 1 aliphatic rings. The number of aromatic nitrogens is 1. The quantitative estimate of drug-likeness (QED) is 0.703. The van der Waals surface area contributed by atoms with Crippen LogP contribution in [-0.4, -0.2) is 36.9 Å². The van der Waals surface area contributed by atoms with Gasteiger partial charge in [-0.05, 0) is 18.9 Å². The van der Waals surface area contributed by atoms with Crippen LogP contribution in [0.25, 0.3) is 0 Å². The molecule has 0 radical (unpaired) electrons. The predicted octanol–water partition coefficient (Wildman–Crippen LogP) is -0.275. The third kappa shape index (κ3) is 2.81. The zero-order valence-electron chi connectivity index (χ0n) is 11.4. The van der Waals surface area contributed by atoms with Crippen molar-refractivity contribution in [3.63, 3.8) is 0 Å². The number of carbonyl (C=O) groups excluding carboxylic acids is 2. The average Bonchev–Trinajstić information content (AvgIpc) is 2.47. The van der Waals surface area contributed by atoms with Gasteiger partial charge in [0.2, 0.25) is 5.91 Å². The largest absolute Gasteiger partial charge is 0.397 e. The Hall–Kier alpha value is -2.31. The highest BCUT2D eigenvalue weighted by Gasteiger charge is 2.25. The Morgan fingerprint density at radius 2 is 2.05 bits per heavy atom. The fourth-order valence-electron chi connectivity index (χ4n) is 2.42. The summed E-state index contributed by atoms with van der Waals surface area (Å²) in [4.78, 5) is 29.1. The van der Waals surface area contributed by atoms with Gasteiger partial charge in [0.25, 0.3) is 5.91 Å². The van der Waals surface area contributed by atoms with Crippen molar-refractivity contribution in [2.45, 2.75) is 12.8 Å². The number of nitrogens with two attached hydrogens (primary N) is 2. The van der Waals surface area contributed by atoms with Crippen molar-refractivity contribution >= 4 is 23.3 Å². The summed E-state index contributed by atoms with van der Waals surface area (Å²) in [6.45, 7) is 1.43. The molecule has 2 rings (SSSR count). The van der Waals surface area contributed by atoms with Gasteiger partial charge in [-0.25, -0.2) is 4.98 Å². The van der Waals surface area contributed by atoms with E-state index in [4.69, 9.17) is 11.5 Å². The lowest BCUT2D eigenvalue weighted by atomic mass is 9.96. The first-order chi connectivity index (χ1) is 9.52. The fraction of sp³-hybridized carbons (Fsp3) is 0.462. The normalized spacial score (nSPS) is 15.9. The molecule has 0 aromatic carbocycles. The van der Waals surface area contributed by atoms with Crippen LogP contribution in [0, 0.1) is 5.92 Å². The maximum absolute atomic E-state index is 11.6. The number of pyridine rings is 1. The molecule has 0 bridgehead atoms. The summed E-state index contributed by atoms with van der Waals surface area (Å²) < 4.78 is 0. The van der Waals surface area contributed by atoms with E-state index in [1.165, 1.54) is 6.20 Å². The monoisotopic (exact) mass is 277 g/mol. The molecule has 1 aromatic heterocycles. The summed E-state index contributed by atoms with van der Waals surface area (Å²) in [7, 11) is 1.65. The summed E-state index contributed by atoms with van der Waals surface area (Å²) >= 11 is 0. The Kier molecular flexibility index (Phi) is 4.07. The Bertz CT molecular complexity index is 523. The predicted molar refractivity (Wildman–Crippen MR) is 76.2 cm³/mol.